The first kappa shape index (κ1) is 12.1. The Morgan fingerprint density at radius 3 is 2.65 bits per heavy atom. The molecule has 0 saturated carbocycles. The number of nitrogens with one attached hydrogen (secondary N) is 2. The third kappa shape index (κ3) is 2.83. The summed E-state index contributed by atoms with van der Waals surface area (Å²) in [4.78, 5) is 17.8. The van der Waals surface area contributed by atoms with Gasteiger partial charge in [-0.05, 0) is 12.8 Å². The van der Waals surface area contributed by atoms with Gasteiger partial charge >= 0.3 is 16.1 Å². The Morgan fingerprint density at radius 2 is 2.06 bits per heavy atom. The molecule has 8 heteroatoms. The van der Waals surface area contributed by atoms with Gasteiger partial charge in [0.1, 0.15) is 0 Å². The SMILES string of the molecule is O=C(NS(=O)(=O)N1CCCCC1)c1ncc[nH]1. The smallest absolute Gasteiger partial charge is 0.304 e. The normalized spacial score (nSPS) is 17.9. The van der Waals surface area contributed by atoms with E-state index in [1.165, 1.54) is 16.7 Å². The second-order valence-corrected chi connectivity index (χ2v) is 5.50. The maximum Gasteiger partial charge on any atom is 0.304 e. The van der Waals surface area contributed by atoms with Gasteiger partial charge in [0.05, 0.1) is 0 Å². The highest BCUT2D eigenvalue weighted by Crippen LogP contribution is 2.11. The zero-order chi connectivity index (χ0) is 12.3. The third-order valence-corrected chi connectivity index (χ3v) is 4.08. The van der Waals surface area contributed by atoms with Crippen LogP contribution in [0.1, 0.15) is 29.9 Å². The van der Waals surface area contributed by atoms with E-state index in [0.717, 1.165) is 19.3 Å². The van der Waals surface area contributed by atoms with Crippen molar-refractivity contribution >= 4 is 16.1 Å². The van der Waals surface area contributed by atoms with Gasteiger partial charge in [0.2, 0.25) is 0 Å². The van der Waals surface area contributed by atoms with Crippen LogP contribution in [0, 0.1) is 0 Å². The predicted molar refractivity (Wildman–Crippen MR) is 60.4 cm³/mol. The maximum atomic E-state index is 11.8. The molecule has 1 aromatic heterocycles. The van der Waals surface area contributed by atoms with Crippen LogP contribution in [0.25, 0.3) is 0 Å². The van der Waals surface area contributed by atoms with Crippen molar-refractivity contribution in [3.63, 3.8) is 0 Å². The van der Waals surface area contributed by atoms with E-state index in [9.17, 15) is 13.2 Å². The van der Waals surface area contributed by atoms with E-state index in [1.54, 1.807) is 0 Å². The third-order valence-electron chi connectivity index (χ3n) is 2.59. The largest absolute Gasteiger partial charge is 0.341 e. The first-order valence-electron chi connectivity index (χ1n) is 5.41. The highest BCUT2D eigenvalue weighted by atomic mass is 32.2. The molecule has 0 atom stereocenters. The molecule has 0 radical (unpaired) electrons. The van der Waals surface area contributed by atoms with Crippen molar-refractivity contribution in [1.29, 1.82) is 0 Å². The molecule has 0 aromatic carbocycles. The minimum absolute atomic E-state index is 0.00872. The van der Waals surface area contributed by atoms with Gasteiger partial charge in [-0.15, -0.1) is 0 Å². The van der Waals surface area contributed by atoms with E-state index in [-0.39, 0.29) is 5.82 Å². The van der Waals surface area contributed by atoms with Crippen molar-refractivity contribution in [2.24, 2.45) is 0 Å². The van der Waals surface area contributed by atoms with E-state index in [1.807, 2.05) is 4.72 Å². The van der Waals surface area contributed by atoms with Crippen LogP contribution in [-0.4, -0.2) is 41.7 Å². The molecule has 2 N–H and O–H groups in total. The average Bonchev–Trinajstić information content (AvgIpc) is 2.83. The monoisotopic (exact) mass is 258 g/mol. The Morgan fingerprint density at radius 1 is 1.35 bits per heavy atom. The molecule has 0 unspecified atom stereocenters. The van der Waals surface area contributed by atoms with Crippen LogP contribution in [0.4, 0.5) is 0 Å². The number of imidazole rings is 1. The lowest BCUT2D eigenvalue weighted by Gasteiger charge is -2.25. The highest BCUT2D eigenvalue weighted by Gasteiger charge is 2.26. The molecule has 94 valence electrons. The zero-order valence-corrected chi connectivity index (χ0v) is 10.0. The van der Waals surface area contributed by atoms with E-state index in [4.69, 9.17) is 0 Å². The molecular formula is C9H14N4O3S. The summed E-state index contributed by atoms with van der Waals surface area (Å²) in [5, 5.41) is 0. The Hall–Kier alpha value is -1.41. The van der Waals surface area contributed by atoms with Crippen molar-refractivity contribution in [1.82, 2.24) is 19.0 Å². The summed E-state index contributed by atoms with van der Waals surface area (Å²) in [6, 6.07) is 0. The van der Waals surface area contributed by atoms with Crippen molar-refractivity contribution in [3.8, 4) is 0 Å². The Labute approximate surface area is 99.4 Å². The van der Waals surface area contributed by atoms with Gasteiger partial charge in [0, 0.05) is 25.5 Å². The van der Waals surface area contributed by atoms with E-state index < -0.39 is 16.1 Å². The van der Waals surface area contributed by atoms with Crippen LogP contribution in [0.3, 0.4) is 0 Å². The van der Waals surface area contributed by atoms with Gasteiger partial charge in [0.15, 0.2) is 5.82 Å². The first-order valence-corrected chi connectivity index (χ1v) is 6.85. The molecule has 17 heavy (non-hydrogen) atoms. The molecule has 1 aliphatic heterocycles. The Balaban J connectivity index is 2.04. The number of nitrogens with zero attached hydrogens (tertiary/aromatic N) is 2. The van der Waals surface area contributed by atoms with Crippen LogP contribution >= 0.6 is 0 Å². The summed E-state index contributed by atoms with van der Waals surface area (Å²) >= 11 is 0. The zero-order valence-electron chi connectivity index (χ0n) is 9.22. The lowest BCUT2D eigenvalue weighted by molar-refractivity contribution is 0.0969. The summed E-state index contributed by atoms with van der Waals surface area (Å²) in [6.07, 6.45) is 5.54. The number of rotatable bonds is 3. The number of amides is 1. The molecule has 2 rings (SSSR count). The molecule has 0 aliphatic carbocycles. The molecule has 0 spiro atoms. The molecule has 2 heterocycles. The molecule has 1 saturated heterocycles. The summed E-state index contributed by atoms with van der Waals surface area (Å²) in [7, 11) is -3.73. The van der Waals surface area contributed by atoms with E-state index in [0.29, 0.717) is 13.1 Å². The number of carbonyl (C=O) groups excluding carboxylic acids is 1. The topological polar surface area (TPSA) is 95.2 Å². The predicted octanol–water partition coefficient (Wildman–Crippen LogP) is -0.130. The fraction of sp³-hybridized carbons (Fsp3) is 0.556. The van der Waals surface area contributed by atoms with E-state index in [2.05, 4.69) is 9.97 Å². The van der Waals surface area contributed by atoms with Crippen LogP contribution in [0.5, 0.6) is 0 Å². The highest BCUT2D eigenvalue weighted by molar-refractivity contribution is 7.87. The van der Waals surface area contributed by atoms with Gasteiger partial charge in [-0.1, -0.05) is 6.42 Å². The molecule has 1 fully saturated rings. The second kappa shape index (κ2) is 4.84. The second-order valence-electron chi connectivity index (χ2n) is 3.83. The van der Waals surface area contributed by atoms with Crippen LogP contribution in [-0.2, 0) is 10.2 Å². The molecule has 1 aliphatic rings. The number of aromatic amines is 1. The lowest BCUT2D eigenvalue weighted by atomic mass is 10.2. The van der Waals surface area contributed by atoms with E-state index >= 15 is 0 Å². The van der Waals surface area contributed by atoms with Crippen LogP contribution in [0.15, 0.2) is 12.4 Å². The quantitative estimate of drug-likeness (QED) is 0.789. The number of hydrogen-bond acceptors (Lipinski definition) is 4. The average molecular weight is 258 g/mol. The maximum absolute atomic E-state index is 11.8. The van der Waals surface area contributed by atoms with Crippen LogP contribution in [0.2, 0.25) is 0 Å². The summed E-state index contributed by atoms with van der Waals surface area (Å²) in [6.45, 7) is 0.918. The van der Waals surface area contributed by atoms with Gasteiger partial charge in [0.25, 0.3) is 0 Å². The van der Waals surface area contributed by atoms with Gasteiger partial charge in [-0.2, -0.15) is 12.7 Å². The first-order chi connectivity index (χ1) is 8.09. The van der Waals surface area contributed by atoms with Crippen LogP contribution < -0.4 is 4.72 Å². The van der Waals surface area contributed by atoms with Crippen molar-refractivity contribution < 1.29 is 13.2 Å². The number of aromatic nitrogens is 2. The van der Waals surface area contributed by atoms with Gasteiger partial charge < -0.3 is 4.98 Å². The molecule has 1 amide bonds. The summed E-state index contributed by atoms with van der Waals surface area (Å²) < 4.78 is 27.0. The molecule has 0 bridgehead atoms. The van der Waals surface area contributed by atoms with Crippen molar-refractivity contribution in [2.75, 3.05) is 13.1 Å². The fourth-order valence-electron chi connectivity index (χ4n) is 1.72. The standard InChI is InChI=1S/C9H14N4O3S/c14-9(8-10-4-5-11-8)12-17(15,16)13-6-2-1-3-7-13/h4-5H,1-3,6-7H2,(H,10,11)(H,12,14). The van der Waals surface area contributed by atoms with Crippen molar-refractivity contribution in [2.45, 2.75) is 19.3 Å². The number of H-pyrrole nitrogens is 1. The molecule has 1 aromatic rings. The fourth-order valence-corrected chi connectivity index (χ4v) is 2.92. The summed E-state index contributed by atoms with van der Waals surface area (Å²) in [5.74, 6) is -0.744. The minimum atomic E-state index is -3.73. The molecule has 7 nitrogen and oxygen atoms in total. The molecular weight excluding hydrogens is 244 g/mol. The number of hydrogen-bond donors (Lipinski definition) is 2. The summed E-state index contributed by atoms with van der Waals surface area (Å²) in [5.41, 5.74) is 0. The number of carbonyl (C=O) groups is 1. The Kier molecular flexibility index (Phi) is 3.43. The Bertz CT molecular complexity index is 476. The number of piperidine rings is 1. The van der Waals surface area contributed by atoms with Gasteiger partial charge in [-0.3, -0.25) is 4.79 Å². The van der Waals surface area contributed by atoms with Gasteiger partial charge in [-0.25, -0.2) is 9.71 Å². The minimum Gasteiger partial charge on any atom is -0.341 e. The lowest BCUT2D eigenvalue weighted by Crippen LogP contribution is -2.45. The van der Waals surface area contributed by atoms with Crippen molar-refractivity contribution in [3.05, 3.63) is 18.2 Å².